The number of nitrogens with one attached hydrogen (secondary N) is 1. The predicted molar refractivity (Wildman–Crippen MR) is 187 cm³/mol. The SMILES string of the molecule is CCOC(=O)N1C2COCC1CC(=O)C2.CCOC(=O)N1C2COCC1CC(N1CCC(n3cccn3)CC1)C2.c1cnn(C2CCNCC2)c1. The van der Waals surface area contributed by atoms with Gasteiger partial charge in [0.15, 0.2) is 0 Å². The van der Waals surface area contributed by atoms with Gasteiger partial charge in [0.2, 0.25) is 0 Å². The van der Waals surface area contributed by atoms with E-state index >= 15 is 0 Å². The van der Waals surface area contributed by atoms with Crippen molar-refractivity contribution in [2.24, 2.45) is 0 Å². The van der Waals surface area contributed by atoms with E-state index < -0.39 is 0 Å². The van der Waals surface area contributed by atoms with E-state index in [9.17, 15) is 14.4 Å². The molecule has 6 aliphatic heterocycles. The summed E-state index contributed by atoms with van der Waals surface area (Å²) in [6.45, 7) is 11.1. The molecular weight excluding hydrogens is 656 g/mol. The molecule has 6 fully saturated rings. The zero-order chi connectivity index (χ0) is 35.6. The van der Waals surface area contributed by atoms with Crippen molar-refractivity contribution in [3.8, 4) is 0 Å². The van der Waals surface area contributed by atoms with Crippen LogP contribution in [0, 0.1) is 0 Å². The fourth-order valence-electron chi connectivity index (χ4n) is 8.48. The van der Waals surface area contributed by atoms with Crippen LogP contribution in [0.25, 0.3) is 0 Å². The Hall–Kier alpha value is -3.53. The summed E-state index contributed by atoms with van der Waals surface area (Å²) < 4.78 is 25.5. The second kappa shape index (κ2) is 18.3. The maximum Gasteiger partial charge on any atom is 0.410 e. The summed E-state index contributed by atoms with van der Waals surface area (Å²) in [5.74, 6) is 0.217. The molecule has 4 atom stereocenters. The topological polar surface area (TPSA) is 146 Å². The quantitative estimate of drug-likeness (QED) is 0.488. The molecule has 282 valence electrons. The molecule has 8 rings (SSSR count). The molecule has 51 heavy (non-hydrogen) atoms. The van der Waals surface area contributed by atoms with Crippen LogP contribution in [0.2, 0.25) is 0 Å². The van der Waals surface area contributed by atoms with E-state index in [0.717, 1.165) is 51.9 Å². The Morgan fingerprint density at radius 3 is 1.65 bits per heavy atom. The average Bonchev–Trinajstić information content (AvgIpc) is 3.88. The smallest absolute Gasteiger partial charge is 0.410 e. The van der Waals surface area contributed by atoms with Gasteiger partial charge in [-0.25, -0.2) is 9.59 Å². The summed E-state index contributed by atoms with van der Waals surface area (Å²) >= 11 is 0. The molecule has 6 saturated heterocycles. The van der Waals surface area contributed by atoms with Crippen molar-refractivity contribution >= 4 is 18.0 Å². The van der Waals surface area contributed by atoms with E-state index in [0.29, 0.717) is 70.6 Å². The van der Waals surface area contributed by atoms with Crippen molar-refractivity contribution in [3.63, 3.8) is 0 Å². The number of likely N-dealkylation sites (tertiary alicyclic amines) is 1. The van der Waals surface area contributed by atoms with Gasteiger partial charge in [-0.15, -0.1) is 0 Å². The number of rotatable bonds is 5. The molecule has 0 aromatic carbocycles. The number of ether oxygens (including phenoxy) is 4. The van der Waals surface area contributed by atoms with E-state index in [-0.39, 0.29) is 42.1 Å². The van der Waals surface area contributed by atoms with Gasteiger partial charge in [0, 0.05) is 56.8 Å². The molecule has 1 N–H and O–H groups in total. The molecule has 0 aliphatic carbocycles. The molecule has 8 heterocycles. The summed E-state index contributed by atoms with van der Waals surface area (Å²) in [6.07, 6.45) is 14.8. The number of aromatic nitrogens is 4. The molecule has 15 heteroatoms. The lowest BCUT2D eigenvalue weighted by molar-refractivity contribution is -0.133. The number of piperidine rings is 4. The lowest BCUT2D eigenvalue weighted by Crippen LogP contribution is -2.63. The number of hydrogen-bond donors (Lipinski definition) is 1. The van der Waals surface area contributed by atoms with Gasteiger partial charge in [-0.3, -0.25) is 24.0 Å². The van der Waals surface area contributed by atoms with Gasteiger partial charge in [0.1, 0.15) is 5.78 Å². The summed E-state index contributed by atoms with van der Waals surface area (Å²) in [6, 6.07) is 5.75. The second-order valence-electron chi connectivity index (χ2n) is 14.2. The number of morpholine rings is 2. The number of ketones is 1. The van der Waals surface area contributed by atoms with Crippen LogP contribution in [0.15, 0.2) is 36.9 Å². The number of hydrogen-bond acceptors (Lipinski definition) is 11. The summed E-state index contributed by atoms with van der Waals surface area (Å²) in [7, 11) is 0. The fraction of sp³-hybridized carbons (Fsp3) is 0.750. The molecule has 0 spiro atoms. The Bertz CT molecular complexity index is 1330. The van der Waals surface area contributed by atoms with Crippen LogP contribution >= 0.6 is 0 Å². The van der Waals surface area contributed by atoms with Crippen LogP contribution < -0.4 is 5.32 Å². The number of carbonyl (C=O) groups is 3. The van der Waals surface area contributed by atoms with Crippen LogP contribution in [-0.2, 0) is 23.7 Å². The molecule has 0 saturated carbocycles. The summed E-state index contributed by atoms with van der Waals surface area (Å²) in [4.78, 5) is 41.6. The van der Waals surface area contributed by atoms with Gasteiger partial charge in [0.25, 0.3) is 0 Å². The second-order valence-corrected chi connectivity index (χ2v) is 14.2. The van der Waals surface area contributed by atoms with Crippen molar-refractivity contribution in [1.29, 1.82) is 0 Å². The first-order chi connectivity index (χ1) is 24.9. The van der Waals surface area contributed by atoms with Gasteiger partial charge in [-0.2, -0.15) is 10.2 Å². The van der Waals surface area contributed by atoms with Crippen LogP contribution in [-0.4, -0.2) is 148 Å². The Kier molecular flexibility index (Phi) is 13.4. The highest BCUT2D eigenvalue weighted by Gasteiger charge is 2.45. The zero-order valence-electron chi connectivity index (χ0n) is 30.2. The third kappa shape index (κ3) is 9.48. The number of fused-ring (bicyclic) bond motifs is 4. The van der Waals surface area contributed by atoms with E-state index in [4.69, 9.17) is 18.9 Å². The average molecular weight is 713 g/mol. The third-order valence-corrected chi connectivity index (χ3v) is 10.9. The Morgan fingerprint density at radius 2 is 1.18 bits per heavy atom. The Morgan fingerprint density at radius 1 is 0.706 bits per heavy atom. The number of amides is 2. The molecule has 6 aliphatic rings. The number of Topliss-reactive ketones (excluding diaryl/α,β-unsaturated/α-hetero) is 1. The Labute approximate surface area is 300 Å². The molecule has 15 nitrogen and oxygen atoms in total. The molecule has 2 aromatic rings. The molecule has 4 bridgehead atoms. The van der Waals surface area contributed by atoms with E-state index in [1.54, 1.807) is 11.8 Å². The van der Waals surface area contributed by atoms with E-state index in [2.05, 4.69) is 42.2 Å². The maximum atomic E-state index is 12.3. The van der Waals surface area contributed by atoms with Crippen LogP contribution in [0.1, 0.15) is 77.3 Å². The maximum absolute atomic E-state index is 12.3. The first-order valence-electron chi connectivity index (χ1n) is 18.9. The van der Waals surface area contributed by atoms with Crippen LogP contribution in [0.3, 0.4) is 0 Å². The van der Waals surface area contributed by atoms with Crippen molar-refractivity contribution in [3.05, 3.63) is 36.9 Å². The fourth-order valence-corrected chi connectivity index (χ4v) is 8.48. The normalized spacial score (nSPS) is 28.5. The predicted octanol–water partition coefficient (Wildman–Crippen LogP) is 3.29. The lowest BCUT2D eigenvalue weighted by atomic mass is 9.88. The van der Waals surface area contributed by atoms with Gasteiger partial charge in [-0.05, 0) is 77.6 Å². The lowest BCUT2D eigenvalue weighted by Gasteiger charge is -2.50. The molecule has 2 aromatic heterocycles. The highest BCUT2D eigenvalue weighted by molar-refractivity contribution is 5.83. The summed E-state index contributed by atoms with van der Waals surface area (Å²) in [5.41, 5.74) is 0. The van der Waals surface area contributed by atoms with E-state index in [1.165, 1.54) is 12.8 Å². The molecule has 0 radical (unpaired) electrons. The first kappa shape index (κ1) is 37.2. The largest absolute Gasteiger partial charge is 0.450 e. The van der Waals surface area contributed by atoms with Crippen LogP contribution in [0.4, 0.5) is 9.59 Å². The van der Waals surface area contributed by atoms with Gasteiger partial charge < -0.3 is 29.2 Å². The minimum absolute atomic E-state index is 0.121. The zero-order valence-corrected chi connectivity index (χ0v) is 30.2. The van der Waals surface area contributed by atoms with Crippen molar-refractivity contribution < 1.29 is 33.3 Å². The van der Waals surface area contributed by atoms with Crippen LogP contribution in [0.5, 0.6) is 0 Å². The number of nitrogens with zero attached hydrogens (tertiary/aromatic N) is 7. The number of carbonyl (C=O) groups excluding carboxylic acids is 3. The summed E-state index contributed by atoms with van der Waals surface area (Å²) in [5, 5.41) is 12.0. The van der Waals surface area contributed by atoms with Gasteiger partial charge >= 0.3 is 12.2 Å². The molecule has 2 amide bonds. The van der Waals surface area contributed by atoms with Crippen molar-refractivity contribution in [2.75, 3.05) is 65.8 Å². The minimum atomic E-state index is -0.316. The highest BCUT2D eigenvalue weighted by Crippen LogP contribution is 2.34. The molecular formula is C36H56N8O7. The standard InChI is InChI=1S/C18H28N4O3.C10H15NO4.C8H13N3/c1-2-25-18(23)22-16-10-15(11-17(22)13-24-12-16)20-8-4-14(5-9-20)21-7-3-6-19-21;1-2-15-10(13)11-7-3-9(12)4-8(11)6-14-5-7;1-4-10-11(7-1)8-2-5-9-6-3-8/h3,6-7,14-17H,2,4-5,8-13H2,1H3;7-8H,2-6H2,1H3;1,4,7-9H,2-3,5-6H2. The van der Waals surface area contributed by atoms with Crippen molar-refractivity contribution in [2.45, 2.75) is 108 Å². The van der Waals surface area contributed by atoms with Gasteiger partial charge in [-0.1, -0.05) is 0 Å². The molecule has 4 unspecified atom stereocenters. The monoisotopic (exact) mass is 712 g/mol. The van der Waals surface area contributed by atoms with Crippen molar-refractivity contribution in [1.82, 2.24) is 39.6 Å². The Balaban J connectivity index is 0.000000146. The van der Waals surface area contributed by atoms with E-state index in [1.807, 2.05) is 36.4 Å². The highest BCUT2D eigenvalue weighted by atomic mass is 16.6. The minimum Gasteiger partial charge on any atom is -0.450 e. The third-order valence-electron chi connectivity index (χ3n) is 10.9. The first-order valence-corrected chi connectivity index (χ1v) is 18.9. The van der Waals surface area contributed by atoms with Gasteiger partial charge in [0.05, 0.1) is 75.9 Å².